The van der Waals surface area contributed by atoms with Gasteiger partial charge in [0.25, 0.3) is 5.91 Å². The molecule has 3 aromatic rings. The van der Waals surface area contributed by atoms with Gasteiger partial charge in [0.2, 0.25) is 0 Å². The van der Waals surface area contributed by atoms with Crippen molar-refractivity contribution < 1.29 is 14.7 Å². The van der Waals surface area contributed by atoms with Gasteiger partial charge in [0.1, 0.15) is 0 Å². The van der Waals surface area contributed by atoms with Crippen molar-refractivity contribution in [2.75, 3.05) is 6.54 Å². The molecule has 0 radical (unpaired) electrons. The third-order valence-electron chi connectivity index (χ3n) is 7.25. The van der Waals surface area contributed by atoms with Crippen LogP contribution in [0.15, 0.2) is 54.7 Å². The van der Waals surface area contributed by atoms with Crippen molar-refractivity contribution in [2.24, 2.45) is 10.8 Å². The van der Waals surface area contributed by atoms with Crippen LogP contribution in [0.25, 0.3) is 10.9 Å². The van der Waals surface area contributed by atoms with Gasteiger partial charge in [-0.1, -0.05) is 32.9 Å². The van der Waals surface area contributed by atoms with Crippen LogP contribution in [0.5, 0.6) is 0 Å². The molecule has 1 N–H and O–H groups in total. The highest BCUT2D eigenvalue weighted by Gasteiger charge is 2.51. The normalized spacial score (nSPS) is 24.1. The number of carboxylic acid groups (broad SMARTS) is 1. The van der Waals surface area contributed by atoms with Crippen molar-refractivity contribution in [1.82, 2.24) is 9.47 Å². The van der Waals surface area contributed by atoms with E-state index in [2.05, 4.69) is 30.2 Å². The number of aromatic carboxylic acids is 1. The van der Waals surface area contributed by atoms with Crippen molar-refractivity contribution in [3.63, 3.8) is 0 Å². The Morgan fingerprint density at radius 3 is 2.44 bits per heavy atom. The molecule has 1 aliphatic heterocycles. The van der Waals surface area contributed by atoms with Gasteiger partial charge in [-0.05, 0) is 72.1 Å². The Balaban J connectivity index is 1.37. The SMILES string of the molecule is CC1(C)CC2CC(C)(CN2C(=O)c2ccc3c(ccn3Cc3ccc(C(=O)O)cc3)c2)C1. The van der Waals surface area contributed by atoms with Crippen LogP contribution in [0.1, 0.15) is 66.3 Å². The number of carbonyl (C=O) groups is 2. The maximum atomic E-state index is 13.4. The highest BCUT2D eigenvalue weighted by molar-refractivity contribution is 5.98. The Kier molecular flexibility index (Phi) is 4.70. The second-order valence-corrected chi connectivity index (χ2v) is 10.9. The van der Waals surface area contributed by atoms with Crippen LogP contribution in [-0.2, 0) is 6.54 Å². The smallest absolute Gasteiger partial charge is 0.335 e. The van der Waals surface area contributed by atoms with E-state index in [1.165, 1.54) is 6.42 Å². The van der Waals surface area contributed by atoms with Gasteiger partial charge in [-0.25, -0.2) is 4.79 Å². The molecular weight excluding hydrogens is 400 g/mol. The van der Waals surface area contributed by atoms with Crippen LogP contribution in [0.2, 0.25) is 0 Å². The average molecular weight is 431 g/mol. The number of fused-ring (bicyclic) bond motifs is 3. The minimum Gasteiger partial charge on any atom is -0.478 e. The first-order valence-electron chi connectivity index (χ1n) is 11.3. The molecule has 166 valence electrons. The number of amides is 1. The standard InChI is InChI=1S/C27H30N2O3/c1-26(2)13-22-14-27(3,16-26)17-29(22)24(30)21-8-9-23-20(12-21)10-11-28(23)15-18-4-6-19(7-5-18)25(31)32/h4-12,22H,13-17H2,1-3H3,(H,31,32). The molecule has 2 heterocycles. The summed E-state index contributed by atoms with van der Waals surface area (Å²) < 4.78 is 2.13. The highest BCUT2D eigenvalue weighted by atomic mass is 16.4. The summed E-state index contributed by atoms with van der Waals surface area (Å²) in [6.07, 6.45) is 5.39. The number of carboxylic acids is 1. The van der Waals surface area contributed by atoms with Crippen molar-refractivity contribution in [3.05, 3.63) is 71.4 Å². The molecular formula is C27H30N2O3. The number of aromatic nitrogens is 1. The van der Waals surface area contributed by atoms with Gasteiger partial charge in [0.15, 0.2) is 0 Å². The van der Waals surface area contributed by atoms with E-state index >= 15 is 0 Å². The fraction of sp³-hybridized carbons (Fsp3) is 0.407. The lowest BCUT2D eigenvalue weighted by molar-refractivity contribution is 0.0691. The van der Waals surface area contributed by atoms with Crippen LogP contribution in [-0.4, -0.2) is 39.0 Å². The first-order chi connectivity index (χ1) is 15.1. The molecule has 5 rings (SSSR count). The van der Waals surface area contributed by atoms with Gasteiger partial charge in [-0.15, -0.1) is 0 Å². The van der Waals surface area contributed by atoms with E-state index in [9.17, 15) is 9.59 Å². The molecule has 1 amide bonds. The minimum absolute atomic E-state index is 0.148. The number of rotatable bonds is 4. The van der Waals surface area contributed by atoms with E-state index in [1.807, 2.05) is 42.6 Å². The second kappa shape index (κ2) is 7.22. The molecule has 32 heavy (non-hydrogen) atoms. The van der Waals surface area contributed by atoms with E-state index in [4.69, 9.17) is 5.11 Å². The quantitative estimate of drug-likeness (QED) is 0.600. The maximum absolute atomic E-state index is 13.4. The highest BCUT2D eigenvalue weighted by Crippen LogP contribution is 2.52. The second-order valence-electron chi connectivity index (χ2n) is 10.9. The van der Waals surface area contributed by atoms with Gasteiger partial charge >= 0.3 is 5.97 Å². The summed E-state index contributed by atoms with van der Waals surface area (Å²) in [5.74, 6) is -0.769. The molecule has 1 saturated carbocycles. The first-order valence-corrected chi connectivity index (χ1v) is 11.3. The third-order valence-corrected chi connectivity index (χ3v) is 7.25. The lowest BCUT2D eigenvalue weighted by Gasteiger charge is -2.39. The Morgan fingerprint density at radius 1 is 1.00 bits per heavy atom. The van der Waals surface area contributed by atoms with Crippen molar-refractivity contribution in [3.8, 4) is 0 Å². The monoisotopic (exact) mass is 430 g/mol. The molecule has 1 aliphatic carbocycles. The van der Waals surface area contributed by atoms with Crippen LogP contribution in [0, 0.1) is 10.8 Å². The summed E-state index contributed by atoms with van der Waals surface area (Å²) in [6.45, 7) is 8.49. The fourth-order valence-corrected chi connectivity index (χ4v) is 6.28. The molecule has 1 saturated heterocycles. The third kappa shape index (κ3) is 3.70. The molecule has 2 bridgehead atoms. The first kappa shape index (κ1) is 20.8. The summed E-state index contributed by atoms with van der Waals surface area (Å²) >= 11 is 0. The molecule has 2 aromatic carbocycles. The van der Waals surface area contributed by atoms with E-state index < -0.39 is 5.97 Å². The van der Waals surface area contributed by atoms with E-state index in [0.717, 1.165) is 41.4 Å². The van der Waals surface area contributed by atoms with Crippen LogP contribution in [0.4, 0.5) is 0 Å². The van der Waals surface area contributed by atoms with Crippen LogP contribution < -0.4 is 0 Å². The zero-order valence-electron chi connectivity index (χ0n) is 19.0. The molecule has 2 fully saturated rings. The Morgan fingerprint density at radius 2 is 1.72 bits per heavy atom. The number of nitrogens with zero attached hydrogens (tertiary/aromatic N) is 2. The lowest BCUT2D eigenvalue weighted by Crippen LogP contribution is -2.37. The van der Waals surface area contributed by atoms with Gasteiger partial charge in [-0.2, -0.15) is 0 Å². The zero-order valence-corrected chi connectivity index (χ0v) is 19.0. The topological polar surface area (TPSA) is 62.5 Å². The molecule has 5 nitrogen and oxygen atoms in total. The molecule has 2 aliphatic rings. The summed E-state index contributed by atoms with van der Waals surface area (Å²) in [5, 5.41) is 10.1. The van der Waals surface area contributed by atoms with Gasteiger partial charge in [-0.3, -0.25) is 4.79 Å². The van der Waals surface area contributed by atoms with Gasteiger partial charge in [0.05, 0.1) is 5.56 Å². The molecule has 2 atom stereocenters. The summed E-state index contributed by atoms with van der Waals surface area (Å²) in [6, 6.07) is 15.3. The zero-order chi connectivity index (χ0) is 22.7. The van der Waals surface area contributed by atoms with Crippen molar-refractivity contribution >= 4 is 22.8 Å². The predicted molar refractivity (Wildman–Crippen MR) is 125 cm³/mol. The summed E-state index contributed by atoms with van der Waals surface area (Å²) in [4.78, 5) is 26.6. The summed E-state index contributed by atoms with van der Waals surface area (Å²) in [5.41, 5.74) is 3.67. The van der Waals surface area contributed by atoms with Gasteiger partial charge in [0, 0.05) is 41.8 Å². The lowest BCUT2D eigenvalue weighted by atomic mass is 9.65. The van der Waals surface area contributed by atoms with Gasteiger partial charge < -0.3 is 14.6 Å². The predicted octanol–water partition coefficient (Wildman–Crippen LogP) is 5.43. The average Bonchev–Trinajstić information content (AvgIpc) is 3.24. The number of carbonyl (C=O) groups excluding carboxylic acids is 1. The van der Waals surface area contributed by atoms with E-state index in [1.54, 1.807) is 12.1 Å². The minimum atomic E-state index is -0.917. The molecule has 2 unspecified atom stereocenters. The number of benzene rings is 2. The Hall–Kier alpha value is -3.08. The van der Waals surface area contributed by atoms with Crippen LogP contribution >= 0.6 is 0 Å². The van der Waals surface area contributed by atoms with Crippen LogP contribution in [0.3, 0.4) is 0 Å². The Labute approximate surface area is 188 Å². The molecule has 1 aromatic heterocycles. The Bertz CT molecular complexity index is 1210. The maximum Gasteiger partial charge on any atom is 0.335 e. The number of hydrogen-bond acceptors (Lipinski definition) is 2. The van der Waals surface area contributed by atoms with Crippen molar-refractivity contribution in [2.45, 2.75) is 52.6 Å². The van der Waals surface area contributed by atoms with E-state index in [0.29, 0.717) is 12.6 Å². The summed E-state index contributed by atoms with van der Waals surface area (Å²) in [7, 11) is 0. The van der Waals surface area contributed by atoms with E-state index in [-0.39, 0.29) is 22.3 Å². The largest absolute Gasteiger partial charge is 0.478 e. The molecule has 5 heteroatoms. The molecule has 0 spiro atoms. The fourth-order valence-electron chi connectivity index (χ4n) is 6.28. The number of hydrogen-bond donors (Lipinski definition) is 1. The number of likely N-dealkylation sites (tertiary alicyclic amines) is 1. The van der Waals surface area contributed by atoms with Crippen molar-refractivity contribution in [1.29, 1.82) is 0 Å².